The molecule has 2 aliphatic carbocycles. The summed E-state index contributed by atoms with van der Waals surface area (Å²) in [5.41, 5.74) is 4.36. The first-order valence-corrected chi connectivity index (χ1v) is 28.0. The largest absolute Gasteiger partial charge is 0.474 e. The summed E-state index contributed by atoms with van der Waals surface area (Å²) >= 11 is 0. The average molecular weight is 1050 g/mol. The van der Waals surface area contributed by atoms with Crippen molar-refractivity contribution in [3.63, 3.8) is 0 Å². The highest BCUT2D eigenvalue weighted by atomic mass is 19.1. The second-order valence-corrected chi connectivity index (χ2v) is 23.2. The van der Waals surface area contributed by atoms with Gasteiger partial charge in [-0.15, -0.1) is 0 Å². The van der Waals surface area contributed by atoms with Crippen LogP contribution < -0.4 is 25.2 Å². The number of benzene rings is 1. The van der Waals surface area contributed by atoms with Crippen molar-refractivity contribution in [3.05, 3.63) is 78.8 Å². The Morgan fingerprint density at radius 2 is 1.58 bits per heavy atom. The van der Waals surface area contributed by atoms with Gasteiger partial charge in [0.05, 0.1) is 46.7 Å². The number of nitrogens with one attached hydrogen (secondary N) is 2. The number of fused-ring (bicyclic) bond motifs is 3. The second-order valence-electron chi connectivity index (χ2n) is 23.2. The molecule has 77 heavy (non-hydrogen) atoms. The number of hydrogen-bond acceptors (Lipinski definition) is 12. The van der Waals surface area contributed by atoms with Gasteiger partial charge in [0.1, 0.15) is 11.6 Å². The van der Waals surface area contributed by atoms with E-state index < -0.39 is 22.7 Å². The summed E-state index contributed by atoms with van der Waals surface area (Å²) in [5, 5.41) is 5.57. The van der Waals surface area contributed by atoms with Gasteiger partial charge < -0.3 is 34.2 Å². The maximum absolute atomic E-state index is 15.3. The Bertz CT molecular complexity index is 3090. The van der Waals surface area contributed by atoms with Gasteiger partial charge in [-0.2, -0.15) is 0 Å². The van der Waals surface area contributed by atoms with E-state index >= 15 is 9.18 Å². The predicted molar refractivity (Wildman–Crippen MR) is 288 cm³/mol. The number of hydrogen-bond donors (Lipinski definition) is 2. The predicted octanol–water partition coefficient (Wildman–Crippen LogP) is 8.29. The highest BCUT2D eigenvalue weighted by Gasteiger charge is 2.56. The maximum atomic E-state index is 15.3. The van der Waals surface area contributed by atoms with Crippen molar-refractivity contribution in [1.29, 1.82) is 0 Å². The number of imidazole rings is 1. The number of likely N-dealkylation sites (tertiary alicyclic amines) is 3. The Balaban J connectivity index is 0.709. The number of anilines is 4. The van der Waals surface area contributed by atoms with Crippen LogP contribution in [0.3, 0.4) is 0 Å². The topological polar surface area (TPSA) is 191 Å². The van der Waals surface area contributed by atoms with E-state index in [-0.39, 0.29) is 59.8 Å². The molecule has 404 valence electrons. The fraction of sp³-hybridized carbons (Fsp3) is 0.534. The molecule has 5 aliphatic heterocycles. The number of piperidine rings is 3. The van der Waals surface area contributed by atoms with Crippen molar-refractivity contribution in [2.45, 2.75) is 140 Å². The number of halogens is 1. The monoisotopic (exact) mass is 1050 g/mol. The Kier molecular flexibility index (Phi) is 13.5. The molecule has 0 atom stereocenters. The number of rotatable bonds is 11. The zero-order valence-corrected chi connectivity index (χ0v) is 44.4. The van der Waals surface area contributed by atoms with Crippen LogP contribution >= 0.6 is 0 Å². The van der Waals surface area contributed by atoms with Crippen LogP contribution in [0.5, 0.6) is 5.88 Å². The van der Waals surface area contributed by atoms with E-state index in [1.54, 1.807) is 36.9 Å². The fourth-order valence-corrected chi connectivity index (χ4v) is 13.4. The first-order chi connectivity index (χ1) is 37.2. The number of carbonyl (C=O) groups excluding carboxylic acids is 5. The Hall–Kier alpha value is -7.02. The van der Waals surface area contributed by atoms with Gasteiger partial charge in [0.2, 0.25) is 29.5 Å². The molecule has 2 N–H and O–H groups in total. The molecule has 2 saturated carbocycles. The zero-order chi connectivity index (χ0) is 53.2. The van der Waals surface area contributed by atoms with Gasteiger partial charge in [0.15, 0.2) is 11.6 Å². The van der Waals surface area contributed by atoms with Crippen LogP contribution in [0.2, 0.25) is 0 Å². The van der Waals surface area contributed by atoms with E-state index in [0.717, 1.165) is 61.1 Å². The number of carbonyl (C=O) groups is 5. The highest BCUT2D eigenvalue weighted by molar-refractivity contribution is 6.10. The van der Waals surface area contributed by atoms with Crippen molar-refractivity contribution < 1.29 is 33.1 Å². The van der Waals surface area contributed by atoms with Crippen molar-refractivity contribution in [1.82, 2.24) is 44.5 Å². The van der Waals surface area contributed by atoms with Gasteiger partial charge in [-0.05, 0) is 134 Å². The van der Waals surface area contributed by atoms with Crippen LogP contribution in [-0.2, 0) is 24.6 Å². The first-order valence-electron chi connectivity index (χ1n) is 28.0. The third kappa shape index (κ3) is 9.45. The smallest absolute Gasteiger partial charge is 0.328 e. The molecular formula is C58H69FN12O6. The number of ether oxygens (including phenoxy) is 1. The summed E-state index contributed by atoms with van der Waals surface area (Å²) in [4.78, 5) is 96.1. The number of aromatic nitrogens is 5. The standard InChI is InChI=1S/C58H69FN12O6/c1-36(2)70-35-62-47-32-46(64-52(51(47)70)63-45-15-21-60-34-44(45)59)38-9-13-43-48(29-38)71(41-30-40(31-41)66-22-5-4-6-23-66)55(75)58(43)19-27-68(28-20-58)54(74)57(3)17-25-67(26-18-57)53(73)37-7-11-42(12-8-37)77-50-14-10-39(33-61-50)69-24-16-49(72)65-56(69)76/h9-10,13-15,21,29,32-37,40-42H,4-8,11-12,16-20,22-28,30-31H2,1-3H3,(H,60,63,64)(H,65,72,76)/t37-,40-,41+,42-. The summed E-state index contributed by atoms with van der Waals surface area (Å²) in [6.45, 7) is 10.7. The van der Waals surface area contributed by atoms with E-state index in [9.17, 15) is 19.2 Å². The van der Waals surface area contributed by atoms with Gasteiger partial charge in [0.25, 0.3) is 0 Å². The summed E-state index contributed by atoms with van der Waals surface area (Å²) in [7, 11) is 0. The quantitative estimate of drug-likeness (QED) is 0.129. The minimum Gasteiger partial charge on any atom is -0.474 e. The molecule has 6 amide bonds. The minimum absolute atomic E-state index is 0.0655. The maximum Gasteiger partial charge on any atom is 0.328 e. The lowest BCUT2D eigenvalue weighted by Crippen LogP contribution is -2.59. The SMILES string of the molecule is CC(C)n1cnc2cc(-c3ccc4c(c3)N([C@H]3C[C@@H](N5CCCCC5)C3)C(=O)C43CCN(C(=O)C4(C)CCN(C(=O)[C@H]5CC[C@H](Oc6ccc(N7CCC(=O)NC7=O)cn6)CC5)CC4)CC3)nc(Nc3ccncc3F)c21. The molecule has 19 heteroatoms. The summed E-state index contributed by atoms with van der Waals surface area (Å²) < 4.78 is 23.3. The van der Waals surface area contributed by atoms with Gasteiger partial charge in [-0.1, -0.05) is 25.5 Å². The Morgan fingerprint density at radius 3 is 2.29 bits per heavy atom. The number of urea groups is 1. The van der Waals surface area contributed by atoms with Crippen LogP contribution in [0.4, 0.5) is 32.1 Å². The van der Waals surface area contributed by atoms with Crippen LogP contribution in [0.15, 0.2) is 67.4 Å². The van der Waals surface area contributed by atoms with Crippen LogP contribution in [0.25, 0.3) is 22.3 Å². The van der Waals surface area contributed by atoms with Crippen LogP contribution in [0.1, 0.15) is 122 Å². The van der Waals surface area contributed by atoms with Gasteiger partial charge in [-0.3, -0.25) is 34.4 Å². The van der Waals surface area contributed by atoms with Crippen LogP contribution in [0, 0.1) is 17.2 Å². The third-order valence-electron chi connectivity index (χ3n) is 18.2. The normalized spacial score (nSPS) is 24.5. The fourth-order valence-electron chi connectivity index (χ4n) is 13.4. The zero-order valence-electron chi connectivity index (χ0n) is 44.4. The van der Waals surface area contributed by atoms with E-state index in [1.165, 1.54) is 30.4 Å². The molecule has 1 aromatic carbocycles. The summed E-state index contributed by atoms with van der Waals surface area (Å²) in [6, 6.07) is 13.5. The number of imide groups is 1. The second kappa shape index (κ2) is 20.4. The molecule has 7 aliphatic rings. The summed E-state index contributed by atoms with van der Waals surface area (Å²) in [6.07, 6.45) is 16.9. The number of nitrogens with zero attached hydrogens (tertiary/aromatic N) is 10. The van der Waals surface area contributed by atoms with Crippen molar-refractivity contribution >= 4 is 63.6 Å². The molecule has 0 radical (unpaired) electrons. The van der Waals surface area contributed by atoms with E-state index in [0.29, 0.717) is 106 Å². The molecule has 1 spiro atoms. The van der Waals surface area contributed by atoms with E-state index in [2.05, 4.69) is 69.4 Å². The molecule has 0 bridgehead atoms. The van der Waals surface area contributed by atoms with Crippen molar-refractivity contribution in [2.24, 2.45) is 11.3 Å². The van der Waals surface area contributed by atoms with Crippen molar-refractivity contribution in [3.8, 4) is 17.1 Å². The number of amides is 6. The molecule has 18 nitrogen and oxygen atoms in total. The molecule has 9 heterocycles. The minimum atomic E-state index is -0.766. The lowest BCUT2D eigenvalue weighted by atomic mass is 9.72. The van der Waals surface area contributed by atoms with Gasteiger partial charge in [-0.25, -0.2) is 24.1 Å². The van der Waals surface area contributed by atoms with E-state index in [4.69, 9.17) is 14.7 Å². The highest BCUT2D eigenvalue weighted by Crippen LogP contribution is 2.53. The molecule has 12 rings (SSSR count). The Morgan fingerprint density at radius 1 is 0.831 bits per heavy atom. The third-order valence-corrected chi connectivity index (χ3v) is 18.2. The van der Waals surface area contributed by atoms with Gasteiger partial charge >= 0.3 is 6.03 Å². The average Bonchev–Trinajstić information content (AvgIpc) is 4.22. The molecule has 6 fully saturated rings. The van der Waals surface area contributed by atoms with Crippen LogP contribution in [-0.4, -0.2) is 133 Å². The number of pyridine rings is 3. The lowest BCUT2D eigenvalue weighted by Gasteiger charge is -2.48. The lowest BCUT2D eigenvalue weighted by molar-refractivity contribution is -0.150. The van der Waals surface area contributed by atoms with E-state index in [1.807, 2.05) is 20.4 Å². The van der Waals surface area contributed by atoms with Crippen molar-refractivity contribution in [2.75, 3.05) is 60.9 Å². The Labute approximate surface area is 448 Å². The van der Waals surface area contributed by atoms with Gasteiger partial charge in [0, 0.05) is 92.1 Å². The molecule has 4 aromatic heterocycles. The molecule has 4 saturated heterocycles. The molecule has 0 unspecified atom stereocenters. The molecular weight excluding hydrogens is 980 g/mol. The summed E-state index contributed by atoms with van der Waals surface area (Å²) in [5.74, 6) is 0.425. The molecule has 5 aromatic rings. The first kappa shape index (κ1) is 50.8.